The second-order valence-electron chi connectivity index (χ2n) is 9.76. The number of aliphatic hydroxyl groups excluding tert-OH is 1. The number of anilines is 2. The van der Waals surface area contributed by atoms with Crippen molar-refractivity contribution in [2.24, 2.45) is 0 Å². The quantitative estimate of drug-likeness (QED) is 0.681. The van der Waals surface area contributed by atoms with Crippen molar-refractivity contribution in [1.82, 2.24) is 19.9 Å². The summed E-state index contributed by atoms with van der Waals surface area (Å²) in [6.07, 6.45) is 10.1. The van der Waals surface area contributed by atoms with Crippen molar-refractivity contribution in [2.45, 2.75) is 66.7 Å². The van der Waals surface area contributed by atoms with E-state index in [0.29, 0.717) is 28.5 Å². The second-order valence-corrected chi connectivity index (χ2v) is 11.6. The van der Waals surface area contributed by atoms with Crippen molar-refractivity contribution >= 4 is 34.2 Å². The Bertz CT molecular complexity index is 1060. The molecule has 2 aromatic rings. The lowest BCUT2D eigenvalue weighted by Gasteiger charge is -2.42. The molecule has 2 aliphatic heterocycles. The number of piperidine rings is 1. The molecule has 4 heterocycles. The zero-order valence-corrected chi connectivity index (χ0v) is 19.5. The summed E-state index contributed by atoms with van der Waals surface area (Å²) in [7, 11) is -1.09. The van der Waals surface area contributed by atoms with E-state index in [2.05, 4.69) is 20.2 Å². The number of aliphatic hydroxyl groups is 1. The predicted octanol–water partition coefficient (Wildman–Crippen LogP) is 2.78. The third-order valence-electron chi connectivity index (χ3n) is 7.62. The van der Waals surface area contributed by atoms with Crippen molar-refractivity contribution in [3.05, 3.63) is 28.9 Å². The lowest BCUT2D eigenvalue weighted by Crippen LogP contribution is -2.49. The monoisotopic (exact) mass is 474 g/mol. The summed E-state index contributed by atoms with van der Waals surface area (Å²) in [5, 5.41) is 14.0. The first-order chi connectivity index (χ1) is 15.5. The number of halogens is 1. The first-order valence-electron chi connectivity index (χ1n) is 11.4. The van der Waals surface area contributed by atoms with Gasteiger partial charge in [-0.15, -0.1) is 0 Å². The largest absolute Gasteiger partial charge is 0.394 e. The van der Waals surface area contributed by atoms with Crippen LogP contribution in [-0.2, 0) is 16.2 Å². The van der Waals surface area contributed by atoms with E-state index in [-0.39, 0.29) is 17.6 Å². The molecule has 2 aromatic heterocycles. The van der Waals surface area contributed by atoms with E-state index in [9.17, 15) is 9.32 Å². The van der Waals surface area contributed by atoms with E-state index in [1.54, 1.807) is 12.4 Å². The van der Waals surface area contributed by atoms with E-state index in [1.807, 2.05) is 0 Å². The van der Waals surface area contributed by atoms with Crippen LogP contribution in [0.1, 0.15) is 62.4 Å². The minimum Gasteiger partial charge on any atom is -0.394 e. The van der Waals surface area contributed by atoms with Gasteiger partial charge in [0.05, 0.1) is 33.7 Å². The molecule has 0 unspecified atom stereocenters. The maximum absolute atomic E-state index is 13.0. The molecule has 4 aliphatic rings. The molecule has 32 heavy (non-hydrogen) atoms. The average Bonchev–Trinajstić information content (AvgIpc) is 3.50. The summed E-state index contributed by atoms with van der Waals surface area (Å²) >= 11 is 5.93. The van der Waals surface area contributed by atoms with Crippen molar-refractivity contribution in [3.63, 3.8) is 0 Å². The Kier molecular flexibility index (Phi) is 4.93. The minimum absolute atomic E-state index is 0.0320. The Balaban J connectivity index is 1.29. The van der Waals surface area contributed by atoms with Crippen LogP contribution in [0.4, 0.5) is 11.8 Å². The number of nitrogens with one attached hydrogen (secondary N) is 1. The van der Waals surface area contributed by atoms with E-state index in [4.69, 9.17) is 21.6 Å². The fraction of sp³-hybridized carbons (Fsp3) is 0.636. The van der Waals surface area contributed by atoms with Crippen LogP contribution >= 0.6 is 11.6 Å². The summed E-state index contributed by atoms with van der Waals surface area (Å²) in [6.45, 7) is 1.69. The number of rotatable bonds is 5. The van der Waals surface area contributed by atoms with Crippen molar-refractivity contribution < 1.29 is 9.32 Å². The lowest BCUT2D eigenvalue weighted by molar-refractivity contribution is 0.143. The van der Waals surface area contributed by atoms with Crippen LogP contribution in [0.2, 0.25) is 5.02 Å². The molecule has 1 spiro atoms. The Morgan fingerprint density at radius 1 is 1.16 bits per heavy atom. The van der Waals surface area contributed by atoms with Gasteiger partial charge in [-0.1, -0.05) is 11.6 Å². The van der Waals surface area contributed by atoms with Gasteiger partial charge in [0.1, 0.15) is 16.5 Å². The Labute approximate surface area is 194 Å². The maximum atomic E-state index is 13.0. The van der Waals surface area contributed by atoms with Gasteiger partial charge in [0.25, 0.3) is 0 Å². The first-order valence-corrected chi connectivity index (χ1v) is 13.1. The van der Waals surface area contributed by atoms with Crippen LogP contribution in [-0.4, -0.2) is 60.2 Å². The molecule has 0 aromatic carbocycles. The minimum atomic E-state index is -1.09. The van der Waals surface area contributed by atoms with Crippen molar-refractivity contribution in [2.75, 3.05) is 35.7 Å². The zero-order chi connectivity index (χ0) is 21.9. The molecule has 2 aliphatic carbocycles. The molecule has 0 radical (unpaired) electrons. The Morgan fingerprint density at radius 3 is 2.47 bits per heavy atom. The molecule has 0 amide bonds. The first kappa shape index (κ1) is 20.7. The molecule has 2 saturated carbocycles. The van der Waals surface area contributed by atoms with Gasteiger partial charge in [-0.2, -0.15) is 4.98 Å². The number of nitrogens with zero attached hydrogens (tertiary/aromatic N) is 5. The molecule has 6 rings (SSSR count). The molecule has 170 valence electrons. The SMILES string of the molecule is O=[S@]1CC2(CC2)c2nc(N3CCC(c4ncc(Cl)cn4)CC3)nc(NC3(CO)CCC3)c21. The molecule has 10 heteroatoms. The van der Waals surface area contributed by atoms with Gasteiger partial charge >= 0.3 is 0 Å². The molecular weight excluding hydrogens is 448 g/mol. The summed E-state index contributed by atoms with van der Waals surface area (Å²) in [5.74, 6) is 3.17. The zero-order valence-electron chi connectivity index (χ0n) is 17.9. The topological polar surface area (TPSA) is 104 Å². The van der Waals surface area contributed by atoms with Crippen molar-refractivity contribution in [3.8, 4) is 0 Å². The summed E-state index contributed by atoms with van der Waals surface area (Å²) in [6, 6.07) is 0. The number of hydrogen-bond acceptors (Lipinski definition) is 8. The van der Waals surface area contributed by atoms with Gasteiger partial charge in [0.2, 0.25) is 5.95 Å². The highest BCUT2D eigenvalue weighted by Crippen LogP contribution is 2.56. The predicted molar refractivity (Wildman–Crippen MR) is 123 cm³/mol. The fourth-order valence-electron chi connectivity index (χ4n) is 5.21. The lowest BCUT2D eigenvalue weighted by atomic mass is 9.77. The molecule has 0 bridgehead atoms. The third kappa shape index (κ3) is 3.40. The molecule has 1 atom stereocenters. The average molecular weight is 475 g/mol. The molecular formula is C22H27ClN6O2S. The van der Waals surface area contributed by atoms with Crippen LogP contribution in [0.25, 0.3) is 0 Å². The van der Waals surface area contributed by atoms with E-state index in [0.717, 1.165) is 74.4 Å². The van der Waals surface area contributed by atoms with E-state index >= 15 is 0 Å². The highest BCUT2D eigenvalue weighted by Gasteiger charge is 2.55. The number of fused-ring (bicyclic) bond motifs is 2. The second kappa shape index (κ2) is 7.60. The highest BCUT2D eigenvalue weighted by atomic mass is 35.5. The standard InChI is InChI=1S/C22H27ClN6O2S/c23-15-10-24-18(25-11-15)14-2-8-29(9-3-14)20-26-17-16(32(31)13-21(17)6-7-21)19(27-20)28-22(12-30)4-1-5-22/h10-11,14,30H,1-9,12-13H2,(H,26,27,28)/t32-/m0/s1. The van der Waals surface area contributed by atoms with Crippen LogP contribution in [0.3, 0.4) is 0 Å². The fourth-order valence-corrected chi connectivity index (χ4v) is 7.17. The van der Waals surface area contributed by atoms with Gasteiger partial charge in [-0.3, -0.25) is 4.21 Å². The molecule has 1 saturated heterocycles. The Hall–Kier alpha value is -1.84. The van der Waals surface area contributed by atoms with Crippen LogP contribution in [0, 0.1) is 0 Å². The number of aromatic nitrogens is 4. The van der Waals surface area contributed by atoms with Crippen LogP contribution in [0.15, 0.2) is 17.3 Å². The van der Waals surface area contributed by atoms with Gasteiger partial charge in [-0.25, -0.2) is 15.0 Å². The van der Waals surface area contributed by atoms with Crippen molar-refractivity contribution in [1.29, 1.82) is 0 Å². The van der Waals surface area contributed by atoms with E-state index < -0.39 is 10.8 Å². The van der Waals surface area contributed by atoms with Gasteiger partial charge in [0, 0.05) is 42.6 Å². The number of hydrogen-bond donors (Lipinski definition) is 2. The van der Waals surface area contributed by atoms with Gasteiger partial charge in [0.15, 0.2) is 0 Å². The van der Waals surface area contributed by atoms with Crippen LogP contribution in [0.5, 0.6) is 0 Å². The van der Waals surface area contributed by atoms with Gasteiger partial charge in [-0.05, 0) is 44.9 Å². The van der Waals surface area contributed by atoms with E-state index in [1.165, 1.54) is 0 Å². The maximum Gasteiger partial charge on any atom is 0.227 e. The summed E-state index contributed by atoms with van der Waals surface area (Å²) < 4.78 is 13.0. The summed E-state index contributed by atoms with van der Waals surface area (Å²) in [4.78, 5) is 21.7. The summed E-state index contributed by atoms with van der Waals surface area (Å²) in [5.41, 5.74) is 0.594. The van der Waals surface area contributed by atoms with Crippen LogP contribution < -0.4 is 10.2 Å². The molecule has 8 nitrogen and oxygen atoms in total. The molecule has 2 N–H and O–H groups in total. The van der Waals surface area contributed by atoms with Gasteiger partial charge < -0.3 is 15.3 Å². The third-order valence-corrected chi connectivity index (χ3v) is 9.48. The molecule has 3 fully saturated rings. The smallest absolute Gasteiger partial charge is 0.227 e. The normalized spacial score (nSPS) is 25.4. The Morgan fingerprint density at radius 2 is 1.88 bits per heavy atom. The highest BCUT2D eigenvalue weighted by molar-refractivity contribution is 7.85.